The Hall–Kier alpha value is 0.661. The number of rotatable bonds is 5. The third-order valence-corrected chi connectivity index (χ3v) is 14.5. The molecule has 1 fully saturated rings. The second kappa shape index (κ2) is 7.44. The average molecular weight is 295 g/mol. The van der Waals surface area contributed by atoms with Crippen LogP contribution in [0.5, 0.6) is 0 Å². The monoisotopic (exact) mass is 293 g/mol. The van der Waals surface area contributed by atoms with E-state index < -0.39 is 16.2 Å². The maximum Gasteiger partial charge on any atom is 1.00 e. The van der Waals surface area contributed by atoms with Crippen LogP contribution in [-0.2, 0) is 16.2 Å². The largest absolute Gasteiger partial charge is 1.00 e. The van der Waals surface area contributed by atoms with Crippen molar-refractivity contribution < 1.29 is 35.0 Å². The van der Waals surface area contributed by atoms with Gasteiger partial charge in [0.15, 0.2) is 0 Å². The summed E-state index contributed by atoms with van der Waals surface area (Å²) in [5.41, 5.74) is 0.765. The Labute approximate surface area is 131 Å². The minimum atomic E-state index is -1.73. The van der Waals surface area contributed by atoms with Gasteiger partial charge in [-0.15, -0.1) is 0 Å². The first-order valence-electron chi connectivity index (χ1n) is 7.10. The molecular weight excluding hydrogens is 267 g/mol. The summed E-state index contributed by atoms with van der Waals surface area (Å²) in [6.45, 7) is 17.7. The van der Waals surface area contributed by atoms with Gasteiger partial charge in [0.05, 0.1) is 0 Å². The fourth-order valence-electron chi connectivity index (χ4n) is 4.10. The smallest absolute Gasteiger partial charge is 1.00 e. The van der Waals surface area contributed by atoms with E-state index in [-0.39, 0.29) is 18.9 Å². The van der Waals surface area contributed by atoms with Crippen LogP contribution in [-0.4, -0.2) is 14.7 Å². The van der Waals surface area contributed by atoms with Crippen molar-refractivity contribution >= 4 is 0 Å². The summed E-state index contributed by atoms with van der Waals surface area (Å²) < 4.78 is 2.92. The Morgan fingerprint density at radius 3 is 1.72 bits per heavy atom. The number of piperidine rings is 1. The summed E-state index contributed by atoms with van der Waals surface area (Å²) in [6.07, 6.45) is 8.35. The molecule has 1 rings (SSSR count). The standard InChI is InChI=1S/C9H18N.2C3H5.Li.Zn/c1-8(2)6-5-7-9(3,4)10-8;2*1-3-2;;/h5-7H2,1-4H3;2*3H,1-2H2;;/q-1;;;+1;. The molecule has 0 N–H and O–H groups in total. The molecule has 1 nitrogen and oxygen atoms in total. The normalized spacial score (nSPS) is 21.8. The molecule has 0 spiro atoms. The molecule has 1 heterocycles. The van der Waals surface area contributed by atoms with E-state index in [0.717, 1.165) is 0 Å². The molecule has 0 aromatic heterocycles. The van der Waals surface area contributed by atoms with E-state index in [4.69, 9.17) is 0 Å². The van der Waals surface area contributed by atoms with E-state index in [1.54, 1.807) is 0 Å². The summed E-state index contributed by atoms with van der Waals surface area (Å²) in [5.74, 6) is 0. The van der Waals surface area contributed by atoms with Crippen LogP contribution in [0.1, 0.15) is 47.0 Å². The molecule has 0 amide bonds. The zero-order valence-corrected chi connectivity index (χ0v) is 16.2. The predicted octanol–water partition coefficient (Wildman–Crippen LogP) is 1.78. The summed E-state index contributed by atoms with van der Waals surface area (Å²) >= 11 is -1.73. The van der Waals surface area contributed by atoms with Crippen LogP contribution in [0.25, 0.3) is 0 Å². The second-order valence-electron chi connectivity index (χ2n) is 6.86. The number of hydrogen-bond acceptors (Lipinski definition) is 1. The van der Waals surface area contributed by atoms with Gasteiger partial charge in [0, 0.05) is 0 Å². The van der Waals surface area contributed by atoms with Gasteiger partial charge in [0.2, 0.25) is 0 Å². The molecule has 1 aliphatic rings. The first kappa shape index (κ1) is 18.7. The minimum Gasteiger partial charge on any atom is 1.00 e. The van der Waals surface area contributed by atoms with E-state index in [9.17, 15) is 0 Å². The molecule has 0 aromatic rings. The molecule has 0 bridgehead atoms. The Bertz CT molecular complexity index is 260. The van der Waals surface area contributed by atoms with E-state index in [1.807, 2.05) is 0 Å². The first-order valence-corrected chi connectivity index (χ1v) is 12.6. The van der Waals surface area contributed by atoms with Crippen molar-refractivity contribution in [1.82, 2.24) is 3.64 Å². The number of nitrogens with zero attached hydrogens (tertiary/aromatic N) is 1. The van der Waals surface area contributed by atoms with Crippen LogP contribution >= 0.6 is 0 Å². The molecule has 0 unspecified atom stereocenters. The van der Waals surface area contributed by atoms with E-state index in [0.29, 0.717) is 11.1 Å². The molecule has 18 heavy (non-hydrogen) atoms. The van der Waals surface area contributed by atoms with Gasteiger partial charge in [-0.2, -0.15) is 0 Å². The second-order valence-corrected chi connectivity index (χ2v) is 14.0. The quantitative estimate of drug-likeness (QED) is 0.552. The maximum atomic E-state index is 3.96. The SMILES string of the molecule is C=C[CH2][Zn-]([CH2]C=C)[N]1C(C)(C)CCCC1(C)C.[Li+]. The Morgan fingerprint density at radius 1 is 1.00 bits per heavy atom. The van der Waals surface area contributed by atoms with E-state index >= 15 is 0 Å². The van der Waals surface area contributed by atoms with Crippen LogP contribution in [0.15, 0.2) is 25.3 Å². The van der Waals surface area contributed by atoms with Crippen molar-refractivity contribution in [2.45, 2.75) is 68.1 Å². The van der Waals surface area contributed by atoms with E-state index in [2.05, 4.69) is 56.6 Å². The fourth-order valence-corrected chi connectivity index (χ4v) is 13.4. The molecule has 0 atom stereocenters. The van der Waals surface area contributed by atoms with Crippen LogP contribution < -0.4 is 18.9 Å². The fraction of sp³-hybridized carbons (Fsp3) is 0.733. The summed E-state index contributed by atoms with van der Waals surface area (Å²) in [4.78, 5) is 0. The minimum absolute atomic E-state index is 0. The molecule has 1 aliphatic heterocycles. The van der Waals surface area contributed by atoms with Gasteiger partial charge in [-0.05, 0) is 0 Å². The van der Waals surface area contributed by atoms with Crippen molar-refractivity contribution in [3.05, 3.63) is 25.3 Å². The van der Waals surface area contributed by atoms with Gasteiger partial charge in [-0.1, -0.05) is 0 Å². The molecule has 0 radical (unpaired) electrons. The summed E-state index contributed by atoms with van der Waals surface area (Å²) in [7, 11) is 0. The third kappa shape index (κ3) is 4.35. The first-order chi connectivity index (χ1) is 7.85. The van der Waals surface area contributed by atoms with E-state index in [1.165, 1.54) is 29.3 Å². The molecule has 0 saturated carbocycles. The van der Waals surface area contributed by atoms with Gasteiger partial charge in [0.1, 0.15) is 0 Å². The Kier molecular flexibility index (Phi) is 7.72. The molecule has 96 valence electrons. The van der Waals surface area contributed by atoms with Crippen LogP contribution in [0, 0.1) is 0 Å². The number of allylic oxidation sites excluding steroid dienone is 2. The maximum absolute atomic E-state index is 3.96. The zero-order chi connectivity index (χ0) is 13.1. The zero-order valence-electron chi connectivity index (χ0n) is 13.3. The Morgan fingerprint density at radius 2 is 1.39 bits per heavy atom. The summed E-state index contributed by atoms with van der Waals surface area (Å²) in [6, 6.07) is 0. The Balaban J connectivity index is 0.00000289. The van der Waals surface area contributed by atoms with Crippen molar-refractivity contribution in [3.63, 3.8) is 0 Å². The number of hydrogen-bond donors (Lipinski definition) is 0. The van der Waals surface area contributed by atoms with Gasteiger partial charge in [-0.3, -0.25) is 0 Å². The molecule has 0 aliphatic carbocycles. The van der Waals surface area contributed by atoms with Crippen molar-refractivity contribution in [2.24, 2.45) is 0 Å². The topological polar surface area (TPSA) is 3.24 Å². The van der Waals surface area contributed by atoms with Crippen molar-refractivity contribution in [1.29, 1.82) is 0 Å². The van der Waals surface area contributed by atoms with Crippen LogP contribution in [0.4, 0.5) is 0 Å². The molecule has 0 aromatic carbocycles. The molecule has 1 saturated heterocycles. The summed E-state index contributed by atoms with van der Waals surface area (Å²) in [5, 5.41) is 2.53. The van der Waals surface area contributed by atoms with Crippen LogP contribution in [0.3, 0.4) is 0 Å². The predicted molar refractivity (Wildman–Crippen MR) is 73.9 cm³/mol. The van der Waals surface area contributed by atoms with Gasteiger partial charge >= 0.3 is 132 Å². The molecule has 3 heteroatoms. The van der Waals surface area contributed by atoms with Gasteiger partial charge in [0.25, 0.3) is 0 Å². The average Bonchev–Trinajstić information content (AvgIpc) is 2.15. The third-order valence-electron chi connectivity index (χ3n) is 4.56. The van der Waals surface area contributed by atoms with Crippen molar-refractivity contribution in [3.8, 4) is 0 Å². The van der Waals surface area contributed by atoms with Crippen LogP contribution in [0.2, 0.25) is 10.0 Å². The van der Waals surface area contributed by atoms with Gasteiger partial charge in [-0.25, -0.2) is 0 Å². The van der Waals surface area contributed by atoms with Crippen molar-refractivity contribution in [2.75, 3.05) is 0 Å². The van der Waals surface area contributed by atoms with Gasteiger partial charge < -0.3 is 0 Å². The molecular formula is C15H28LiNZn.